The van der Waals surface area contributed by atoms with Gasteiger partial charge in [-0.05, 0) is 30.3 Å². The van der Waals surface area contributed by atoms with Gasteiger partial charge in [-0.2, -0.15) is 0 Å². The van der Waals surface area contributed by atoms with Crippen LogP contribution in [0.15, 0.2) is 39.7 Å². The number of aliphatic hydroxyl groups is 1. The molecule has 0 spiro atoms. The molecule has 1 aliphatic heterocycles. The van der Waals surface area contributed by atoms with E-state index < -0.39 is 27.8 Å². The molecule has 8 nitrogen and oxygen atoms in total. The first-order valence-electron chi connectivity index (χ1n) is 7.98. The number of halogens is 2. The second-order valence-corrected chi connectivity index (χ2v) is 9.12. The molecular weight excluding hydrogens is 476 g/mol. The molecule has 0 aliphatic carbocycles. The number of benzene rings is 2. The number of likely N-dealkylation sites (tertiary alicyclic amines) is 1. The van der Waals surface area contributed by atoms with E-state index in [0.717, 1.165) is 0 Å². The number of hydrogen-bond acceptors (Lipinski definition) is 6. The third-order valence-electron chi connectivity index (χ3n) is 4.11. The van der Waals surface area contributed by atoms with Gasteiger partial charge in [0.25, 0.3) is 15.9 Å². The van der Waals surface area contributed by atoms with Gasteiger partial charge in [0.05, 0.1) is 24.5 Å². The van der Waals surface area contributed by atoms with Crippen molar-refractivity contribution in [2.24, 2.45) is 0 Å². The molecule has 11 heteroatoms. The Kier molecular flexibility index (Phi) is 5.76. The summed E-state index contributed by atoms with van der Waals surface area (Å²) < 4.78 is 33.5. The smallest absolute Gasteiger partial charge is 0.265 e. The number of hydrogen-bond donors (Lipinski definition) is 3. The van der Waals surface area contributed by atoms with Crippen LogP contribution in [0.1, 0.15) is 10.4 Å². The first-order chi connectivity index (χ1) is 13.1. The molecule has 0 saturated carbocycles. The SMILES string of the molecule is COc1ccc(Br)cc1S(=O)(=O)Nc1cc(Cl)cc(C(=O)N2CC(O)C2)c1O. The number of aromatic hydroxyl groups is 1. The number of methoxy groups -OCH3 is 1. The van der Waals surface area contributed by atoms with Crippen molar-refractivity contribution < 1.29 is 28.2 Å². The molecule has 1 aliphatic rings. The lowest BCUT2D eigenvalue weighted by Crippen LogP contribution is -2.53. The number of phenols is 1. The van der Waals surface area contributed by atoms with E-state index in [1.165, 1.54) is 36.3 Å². The number of carbonyl (C=O) groups excluding carboxylic acids is 1. The van der Waals surface area contributed by atoms with Crippen LogP contribution < -0.4 is 9.46 Å². The van der Waals surface area contributed by atoms with Crippen LogP contribution in [0.5, 0.6) is 11.5 Å². The van der Waals surface area contributed by atoms with Crippen LogP contribution in [0.25, 0.3) is 0 Å². The van der Waals surface area contributed by atoms with Crippen LogP contribution >= 0.6 is 27.5 Å². The minimum absolute atomic E-state index is 0.0566. The van der Waals surface area contributed by atoms with E-state index in [1.54, 1.807) is 6.07 Å². The van der Waals surface area contributed by atoms with Gasteiger partial charge in [0, 0.05) is 22.6 Å². The molecule has 3 rings (SSSR count). The van der Waals surface area contributed by atoms with E-state index >= 15 is 0 Å². The Labute approximate surface area is 174 Å². The van der Waals surface area contributed by atoms with Gasteiger partial charge in [-0.3, -0.25) is 9.52 Å². The number of nitrogens with zero attached hydrogens (tertiary/aromatic N) is 1. The Morgan fingerprint density at radius 3 is 2.61 bits per heavy atom. The highest BCUT2D eigenvalue weighted by atomic mass is 79.9. The molecule has 0 radical (unpaired) electrons. The van der Waals surface area contributed by atoms with E-state index in [2.05, 4.69) is 20.7 Å². The van der Waals surface area contributed by atoms with Gasteiger partial charge >= 0.3 is 0 Å². The monoisotopic (exact) mass is 490 g/mol. The molecule has 1 amide bonds. The first kappa shape index (κ1) is 20.7. The second-order valence-electron chi connectivity index (χ2n) is 6.11. The van der Waals surface area contributed by atoms with Crippen molar-refractivity contribution in [3.8, 4) is 11.5 Å². The largest absolute Gasteiger partial charge is 0.505 e. The third kappa shape index (κ3) is 4.04. The molecule has 0 atom stereocenters. The number of anilines is 1. The number of nitrogens with one attached hydrogen (secondary N) is 1. The fourth-order valence-corrected chi connectivity index (χ4v) is 4.68. The predicted octanol–water partition coefficient (Wildman–Crippen LogP) is 2.43. The fourth-order valence-electron chi connectivity index (χ4n) is 2.69. The van der Waals surface area contributed by atoms with E-state index in [4.69, 9.17) is 16.3 Å². The van der Waals surface area contributed by atoms with Gasteiger partial charge in [0.15, 0.2) is 5.75 Å². The Morgan fingerprint density at radius 2 is 2.00 bits per heavy atom. The standard InChI is InChI=1S/C17H16BrClN2O6S/c1-27-14-3-2-9(18)4-15(14)28(25,26)20-13-6-10(19)5-12(16(13)23)17(24)21-7-11(22)8-21/h2-6,11,20,22-23H,7-8H2,1H3. The van der Waals surface area contributed by atoms with Crippen molar-refractivity contribution in [3.63, 3.8) is 0 Å². The van der Waals surface area contributed by atoms with Crippen molar-refractivity contribution in [3.05, 3.63) is 45.4 Å². The van der Waals surface area contributed by atoms with Crippen LogP contribution in [0.4, 0.5) is 5.69 Å². The van der Waals surface area contributed by atoms with Crippen molar-refractivity contribution in [2.75, 3.05) is 24.9 Å². The molecule has 3 N–H and O–H groups in total. The molecule has 0 aromatic heterocycles. The molecule has 1 heterocycles. The average molecular weight is 492 g/mol. The van der Waals surface area contributed by atoms with E-state index in [0.29, 0.717) is 4.47 Å². The summed E-state index contributed by atoms with van der Waals surface area (Å²) in [7, 11) is -2.84. The Balaban J connectivity index is 1.98. The van der Waals surface area contributed by atoms with Crippen LogP contribution in [0.2, 0.25) is 5.02 Å². The molecule has 0 unspecified atom stereocenters. The molecule has 150 valence electrons. The highest BCUT2D eigenvalue weighted by Gasteiger charge is 2.32. The Bertz CT molecular complexity index is 1040. The Hall–Kier alpha value is -2.01. The van der Waals surface area contributed by atoms with Gasteiger partial charge in [-0.25, -0.2) is 8.42 Å². The highest BCUT2D eigenvalue weighted by molar-refractivity contribution is 9.10. The van der Waals surface area contributed by atoms with Crippen molar-refractivity contribution in [1.82, 2.24) is 4.90 Å². The lowest BCUT2D eigenvalue weighted by atomic mass is 10.1. The minimum Gasteiger partial charge on any atom is -0.505 e. The highest BCUT2D eigenvalue weighted by Crippen LogP contribution is 2.36. The number of rotatable bonds is 5. The van der Waals surface area contributed by atoms with Gasteiger partial charge in [-0.1, -0.05) is 27.5 Å². The zero-order chi connectivity index (χ0) is 20.6. The maximum Gasteiger partial charge on any atom is 0.265 e. The second kappa shape index (κ2) is 7.78. The number of amides is 1. The zero-order valence-electron chi connectivity index (χ0n) is 14.5. The number of carbonyl (C=O) groups is 1. The maximum atomic E-state index is 12.8. The lowest BCUT2D eigenvalue weighted by Gasteiger charge is -2.36. The zero-order valence-corrected chi connectivity index (χ0v) is 17.7. The number of ether oxygens (including phenoxy) is 1. The molecule has 1 fully saturated rings. The van der Waals surface area contributed by atoms with E-state index in [-0.39, 0.29) is 40.0 Å². The summed E-state index contributed by atoms with van der Waals surface area (Å²) >= 11 is 9.23. The number of phenolic OH excluding ortho intramolecular Hbond substituents is 1. The summed E-state index contributed by atoms with van der Waals surface area (Å²) in [5.74, 6) is -1.03. The average Bonchev–Trinajstić information content (AvgIpc) is 2.61. The number of aliphatic hydroxyl groups excluding tert-OH is 1. The summed E-state index contributed by atoms with van der Waals surface area (Å²) in [6, 6.07) is 6.87. The molecule has 0 bridgehead atoms. The fraction of sp³-hybridized carbons (Fsp3) is 0.235. The van der Waals surface area contributed by atoms with Crippen molar-refractivity contribution >= 4 is 49.1 Å². The summed E-state index contributed by atoms with van der Waals surface area (Å²) in [5, 5.41) is 19.9. The van der Waals surface area contributed by atoms with Crippen molar-refractivity contribution in [1.29, 1.82) is 0 Å². The van der Waals surface area contributed by atoms with Gasteiger partial charge in [0.2, 0.25) is 0 Å². The quantitative estimate of drug-likeness (QED) is 0.553. The van der Waals surface area contributed by atoms with Crippen molar-refractivity contribution in [2.45, 2.75) is 11.0 Å². The summed E-state index contributed by atoms with van der Waals surface area (Å²) in [5.41, 5.74) is -0.419. The molecule has 2 aromatic carbocycles. The molecule has 28 heavy (non-hydrogen) atoms. The van der Waals surface area contributed by atoms with E-state index in [1.807, 2.05) is 0 Å². The molecular formula is C17H16BrClN2O6S. The summed E-state index contributed by atoms with van der Waals surface area (Å²) in [6.07, 6.45) is -0.618. The van der Waals surface area contributed by atoms with Gasteiger partial charge in [0.1, 0.15) is 10.6 Å². The lowest BCUT2D eigenvalue weighted by molar-refractivity contribution is 0.00571. The number of sulfonamides is 1. The maximum absolute atomic E-state index is 12.8. The van der Waals surface area contributed by atoms with Crippen LogP contribution in [-0.2, 0) is 10.0 Å². The number of β-amino-alcohol motifs (C(OH)–C–C–N with tert-alkyl or cyclic N) is 1. The van der Waals surface area contributed by atoms with Crippen LogP contribution in [0, 0.1) is 0 Å². The van der Waals surface area contributed by atoms with Gasteiger partial charge in [-0.15, -0.1) is 0 Å². The normalized spacial score (nSPS) is 14.5. The molecule has 2 aromatic rings. The predicted molar refractivity (Wildman–Crippen MR) is 107 cm³/mol. The minimum atomic E-state index is -4.17. The van der Waals surface area contributed by atoms with E-state index in [9.17, 15) is 23.4 Å². The molecule has 1 saturated heterocycles. The van der Waals surface area contributed by atoms with Gasteiger partial charge < -0.3 is 19.8 Å². The van der Waals surface area contributed by atoms with Crippen LogP contribution in [0.3, 0.4) is 0 Å². The summed E-state index contributed by atoms with van der Waals surface area (Å²) in [4.78, 5) is 13.6. The topological polar surface area (TPSA) is 116 Å². The first-order valence-corrected chi connectivity index (χ1v) is 10.6. The Morgan fingerprint density at radius 1 is 1.32 bits per heavy atom. The van der Waals surface area contributed by atoms with Crippen LogP contribution in [-0.4, -0.2) is 55.7 Å². The summed E-state index contributed by atoms with van der Waals surface area (Å²) in [6.45, 7) is 0.252. The third-order valence-corrected chi connectivity index (χ3v) is 6.21.